The molecule has 0 saturated carbocycles. The van der Waals surface area contributed by atoms with Crippen LogP contribution in [-0.2, 0) is 11.5 Å². The van der Waals surface area contributed by atoms with Crippen LogP contribution in [0, 0.1) is 0 Å². The van der Waals surface area contributed by atoms with Crippen molar-refractivity contribution in [1.82, 2.24) is 19.5 Å². The van der Waals surface area contributed by atoms with Gasteiger partial charge in [-0.1, -0.05) is 37.3 Å². The highest BCUT2D eigenvalue weighted by Crippen LogP contribution is 2.30. The van der Waals surface area contributed by atoms with Crippen LogP contribution in [0.15, 0.2) is 36.8 Å². The van der Waals surface area contributed by atoms with Crippen molar-refractivity contribution in [3.05, 3.63) is 47.4 Å². The summed E-state index contributed by atoms with van der Waals surface area (Å²) in [4.78, 5) is 24.1. The number of carbonyl (C=O) groups is 1. The van der Waals surface area contributed by atoms with E-state index in [-0.39, 0.29) is 12.3 Å². The van der Waals surface area contributed by atoms with Crippen LogP contribution in [0.5, 0.6) is 0 Å². The quantitative estimate of drug-likeness (QED) is 0.301. The van der Waals surface area contributed by atoms with Crippen LogP contribution in [0.2, 0.25) is 30.7 Å². The van der Waals surface area contributed by atoms with Crippen molar-refractivity contribution in [2.75, 3.05) is 6.61 Å². The minimum atomic E-state index is -1.19. The number of rotatable bonds is 7. The molecule has 3 aromatic heterocycles. The minimum absolute atomic E-state index is 0.107. The summed E-state index contributed by atoms with van der Waals surface area (Å²) in [5.41, 5.74) is 3.26. The first kappa shape index (κ1) is 20.6. The van der Waals surface area contributed by atoms with Crippen molar-refractivity contribution in [2.24, 2.45) is 0 Å². The fourth-order valence-electron chi connectivity index (χ4n) is 3.29. The molecule has 1 aromatic carbocycles. The first-order chi connectivity index (χ1) is 14.2. The van der Waals surface area contributed by atoms with Gasteiger partial charge in [0.2, 0.25) is 0 Å². The van der Waals surface area contributed by atoms with E-state index in [1.807, 2.05) is 24.4 Å². The van der Waals surface area contributed by atoms with E-state index in [1.165, 1.54) is 0 Å². The Kier molecular flexibility index (Phi) is 5.39. The predicted octanol–water partition coefficient (Wildman–Crippen LogP) is 5.24. The predicted molar refractivity (Wildman–Crippen MR) is 121 cm³/mol. The van der Waals surface area contributed by atoms with Crippen LogP contribution in [0.25, 0.3) is 33.3 Å². The normalized spacial score (nSPS) is 12.1. The number of aromatic amines is 1. The van der Waals surface area contributed by atoms with Crippen LogP contribution in [0.1, 0.15) is 10.4 Å². The molecule has 3 heterocycles. The lowest BCUT2D eigenvalue weighted by atomic mass is 10.1. The van der Waals surface area contributed by atoms with Gasteiger partial charge in [0.15, 0.2) is 5.65 Å². The molecular weight excluding hydrogens is 420 g/mol. The van der Waals surface area contributed by atoms with E-state index in [2.05, 4.69) is 34.6 Å². The smallest absolute Gasteiger partial charge is 0.339 e. The van der Waals surface area contributed by atoms with Gasteiger partial charge in [-0.2, -0.15) is 0 Å². The number of halogens is 1. The van der Waals surface area contributed by atoms with E-state index >= 15 is 0 Å². The third-order valence-corrected chi connectivity index (χ3v) is 6.88. The zero-order valence-corrected chi connectivity index (χ0v) is 18.8. The van der Waals surface area contributed by atoms with Crippen LogP contribution >= 0.6 is 11.6 Å². The molecule has 0 aliphatic rings. The van der Waals surface area contributed by atoms with Gasteiger partial charge in [0.1, 0.15) is 17.8 Å². The zero-order chi connectivity index (χ0) is 21.5. The Morgan fingerprint density at radius 1 is 1.33 bits per heavy atom. The Labute approximate surface area is 179 Å². The Hall–Kier alpha value is -2.68. The maximum absolute atomic E-state index is 11.8. The zero-order valence-electron chi connectivity index (χ0n) is 17.1. The molecule has 0 aliphatic heterocycles. The monoisotopic (exact) mass is 442 g/mol. The summed E-state index contributed by atoms with van der Waals surface area (Å²) in [5, 5.41) is 11.2. The Morgan fingerprint density at radius 3 is 2.87 bits per heavy atom. The first-order valence-corrected chi connectivity index (χ1v) is 13.8. The fourth-order valence-corrected chi connectivity index (χ4v) is 4.22. The number of hydrogen-bond donors (Lipinski definition) is 2. The van der Waals surface area contributed by atoms with Crippen molar-refractivity contribution in [3.63, 3.8) is 0 Å². The molecule has 0 unspecified atom stereocenters. The van der Waals surface area contributed by atoms with Gasteiger partial charge in [0.25, 0.3) is 0 Å². The molecule has 4 aromatic rings. The van der Waals surface area contributed by atoms with E-state index in [4.69, 9.17) is 16.3 Å². The maximum Gasteiger partial charge on any atom is 0.339 e. The average molecular weight is 443 g/mol. The Balaban J connectivity index is 1.69. The second-order valence-corrected chi connectivity index (χ2v) is 14.5. The fraction of sp³-hybridized carbons (Fsp3) is 0.286. The molecule has 0 atom stereocenters. The van der Waals surface area contributed by atoms with Gasteiger partial charge in [-0.15, -0.1) is 0 Å². The summed E-state index contributed by atoms with van der Waals surface area (Å²) in [6.07, 6.45) is 5.03. The van der Waals surface area contributed by atoms with Crippen LogP contribution < -0.4 is 0 Å². The molecule has 0 amide bonds. The molecule has 0 aliphatic carbocycles. The maximum atomic E-state index is 11.8. The second kappa shape index (κ2) is 7.86. The van der Waals surface area contributed by atoms with Crippen LogP contribution in [0.4, 0.5) is 0 Å². The number of carboxylic acids is 1. The molecule has 9 heteroatoms. The van der Waals surface area contributed by atoms with Gasteiger partial charge < -0.3 is 19.4 Å². The van der Waals surface area contributed by atoms with Gasteiger partial charge in [0, 0.05) is 48.6 Å². The van der Waals surface area contributed by atoms with Crippen molar-refractivity contribution in [1.29, 1.82) is 0 Å². The summed E-state index contributed by atoms with van der Waals surface area (Å²) in [6, 6.07) is 6.59. The van der Waals surface area contributed by atoms with Gasteiger partial charge in [-0.05, 0) is 18.2 Å². The molecule has 2 N–H and O–H groups in total. The summed E-state index contributed by atoms with van der Waals surface area (Å²) < 4.78 is 7.49. The number of hydrogen-bond acceptors (Lipinski definition) is 4. The number of benzene rings is 1. The average Bonchev–Trinajstić information content (AvgIpc) is 3.25. The van der Waals surface area contributed by atoms with Crippen molar-refractivity contribution >= 4 is 47.7 Å². The molecule has 0 saturated heterocycles. The SMILES string of the molecule is C[Si](C)(C)CCOCn1cc(C(=O)O)c2nc(-c3c[nH]c4cc(Cl)ccc34)cnc21. The Bertz CT molecular complexity index is 1240. The molecule has 0 radical (unpaired) electrons. The second-order valence-electron chi connectivity index (χ2n) is 8.49. The summed E-state index contributed by atoms with van der Waals surface area (Å²) in [6.45, 7) is 7.75. The standard InChI is InChI=1S/C21H23ClN4O3Si/c1-30(2,3)7-6-29-12-26-11-16(21(27)28)19-20(26)24-10-18(25-19)15-9-23-17-8-13(22)4-5-14(15)17/h4-5,8-11,23H,6-7,12H2,1-3H3,(H,27,28). The number of aromatic carboxylic acids is 1. The number of aromatic nitrogens is 4. The van der Waals surface area contributed by atoms with E-state index < -0.39 is 14.0 Å². The lowest BCUT2D eigenvalue weighted by molar-refractivity contribution is 0.0696. The topological polar surface area (TPSA) is 93.0 Å². The summed E-state index contributed by atoms with van der Waals surface area (Å²) in [7, 11) is -1.19. The summed E-state index contributed by atoms with van der Waals surface area (Å²) in [5.74, 6) is -1.04. The highest BCUT2D eigenvalue weighted by molar-refractivity contribution is 6.76. The number of fused-ring (bicyclic) bond motifs is 2. The number of nitrogens with zero attached hydrogens (tertiary/aromatic N) is 3. The number of H-pyrrole nitrogens is 1. The molecule has 0 bridgehead atoms. The molecule has 0 fully saturated rings. The Morgan fingerprint density at radius 2 is 2.13 bits per heavy atom. The molecule has 4 rings (SSSR count). The molecule has 30 heavy (non-hydrogen) atoms. The van der Waals surface area contributed by atoms with E-state index in [0.717, 1.165) is 22.5 Å². The van der Waals surface area contributed by atoms with Crippen LogP contribution in [-0.4, -0.2) is 45.3 Å². The third kappa shape index (κ3) is 4.11. The van der Waals surface area contributed by atoms with Crippen LogP contribution in [0.3, 0.4) is 0 Å². The van der Waals surface area contributed by atoms with Gasteiger partial charge in [0.05, 0.1) is 11.9 Å². The molecule has 0 spiro atoms. The molecular formula is C21H23ClN4O3Si. The lowest BCUT2D eigenvalue weighted by Crippen LogP contribution is -2.22. The van der Waals surface area contributed by atoms with Gasteiger partial charge in [-0.3, -0.25) is 0 Å². The van der Waals surface area contributed by atoms with Crippen molar-refractivity contribution < 1.29 is 14.6 Å². The van der Waals surface area contributed by atoms with E-state index in [1.54, 1.807) is 17.0 Å². The number of carboxylic acid groups (broad SMARTS) is 1. The number of nitrogens with one attached hydrogen (secondary N) is 1. The molecule has 156 valence electrons. The largest absolute Gasteiger partial charge is 0.478 e. The van der Waals surface area contributed by atoms with Gasteiger partial charge >= 0.3 is 5.97 Å². The van der Waals surface area contributed by atoms with Crippen molar-refractivity contribution in [3.8, 4) is 11.3 Å². The minimum Gasteiger partial charge on any atom is -0.478 e. The van der Waals surface area contributed by atoms with Crippen molar-refractivity contribution in [2.45, 2.75) is 32.4 Å². The van der Waals surface area contributed by atoms with E-state index in [0.29, 0.717) is 28.5 Å². The third-order valence-electron chi connectivity index (χ3n) is 4.94. The first-order valence-electron chi connectivity index (χ1n) is 9.67. The highest BCUT2D eigenvalue weighted by Gasteiger charge is 2.19. The molecule has 7 nitrogen and oxygen atoms in total. The van der Waals surface area contributed by atoms with Gasteiger partial charge in [-0.25, -0.2) is 14.8 Å². The van der Waals surface area contributed by atoms with E-state index in [9.17, 15) is 9.90 Å². The lowest BCUT2D eigenvalue weighted by Gasteiger charge is -2.15. The number of ether oxygens (including phenoxy) is 1. The highest BCUT2D eigenvalue weighted by atomic mass is 35.5. The summed E-state index contributed by atoms with van der Waals surface area (Å²) >= 11 is 6.06.